The highest BCUT2D eigenvalue weighted by Gasteiger charge is 2.36. The molecule has 0 radical (unpaired) electrons. The standard InChI is InChI=1S/C24H26N2O4S/c1-5-17(4)30-20-8-6-18(7-9-20)13-21-23(28)26(24(29)31-21)14-22(27)25-19-11-15(2)10-16(3)12-19/h6-13,17H,5,14H2,1-4H3,(H,25,27)/b21-13-/t17-/m1/s1. The lowest BCUT2D eigenvalue weighted by molar-refractivity contribution is -0.127. The maximum Gasteiger partial charge on any atom is 0.294 e. The molecule has 1 atom stereocenters. The number of benzene rings is 2. The third kappa shape index (κ3) is 5.98. The van der Waals surface area contributed by atoms with Crippen molar-refractivity contribution in [1.29, 1.82) is 0 Å². The van der Waals surface area contributed by atoms with Crippen LogP contribution in [0.2, 0.25) is 0 Å². The van der Waals surface area contributed by atoms with Crippen LogP contribution in [0.5, 0.6) is 5.75 Å². The topological polar surface area (TPSA) is 75.7 Å². The lowest BCUT2D eigenvalue weighted by atomic mass is 10.1. The molecule has 1 saturated heterocycles. The predicted molar refractivity (Wildman–Crippen MR) is 124 cm³/mol. The molecule has 0 saturated carbocycles. The van der Waals surface area contributed by atoms with Crippen molar-refractivity contribution in [2.45, 2.75) is 40.2 Å². The molecule has 162 valence electrons. The summed E-state index contributed by atoms with van der Waals surface area (Å²) in [4.78, 5) is 38.7. The highest BCUT2D eigenvalue weighted by molar-refractivity contribution is 8.18. The van der Waals surface area contributed by atoms with E-state index in [0.717, 1.165) is 45.5 Å². The Hall–Kier alpha value is -3.06. The van der Waals surface area contributed by atoms with Crippen LogP contribution in [0.15, 0.2) is 47.4 Å². The van der Waals surface area contributed by atoms with Crippen LogP contribution >= 0.6 is 11.8 Å². The van der Waals surface area contributed by atoms with Crippen molar-refractivity contribution in [3.05, 3.63) is 64.1 Å². The third-order valence-corrected chi connectivity index (χ3v) is 5.68. The van der Waals surface area contributed by atoms with E-state index in [1.807, 2.05) is 63.2 Å². The quantitative estimate of drug-likeness (QED) is 0.605. The minimum absolute atomic E-state index is 0.122. The van der Waals surface area contributed by atoms with Crippen LogP contribution in [0.25, 0.3) is 6.08 Å². The van der Waals surface area contributed by atoms with Gasteiger partial charge in [0, 0.05) is 5.69 Å². The zero-order valence-electron chi connectivity index (χ0n) is 18.1. The van der Waals surface area contributed by atoms with Gasteiger partial charge in [0.15, 0.2) is 0 Å². The summed E-state index contributed by atoms with van der Waals surface area (Å²) < 4.78 is 5.75. The Morgan fingerprint density at radius 1 is 1.13 bits per heavy atom. The number of ether oxygens (including phenoxy) is 1. The summed E-state index contributed by atoms with van der Waals surface area (Å²) in [5.41, 5.74) is 3.46. The van der Waals surface area contributed by atoms with Crippen LogP contribution < -0.4 is 10.1 Å². The van der Waals surface area contributed by atoms with Crippen molar-refractivity contribution < 1.29 is 19.1 Å². The molecule has 2 aromatic rings. The molecule has 1 aliphatic heterocycles. The van der Waals surface area contributed by atoms with Crippen molar-refractivity contribution in [3.63, 3.8) is 0 Å². The van der Waals surface area contributed by atoms with E-state index in [9.17, 15) is 14.4 Å². The van der Waals surface area contributed by atoms with Crippen molar-refractivity contribution in [2.24, 2.45) is 0 Å². The fourth-order valence-electron chi connectivity index (χ4n) is 3.14. The number of aryl methyl sites for hydroxylation is 2. The average molecular weight is 439 g/mol. The predicted octanol–water partition coefficient (Wildman–Crippen LogP) is 5.16. The highest BCUT2D eigenvalue weighted by atomic mass is 32.2. The molecule has 6 nitrogen and oxygen atoms in total. The lowest BCUT2D eigenvalue weighted by Crippen LogP contribution is -2.36. The summed E-state index contributed by atoms with van der Waals surface area (Å²) in [5, 5.41) is 2.30. The van der Waals surface area contributed by atoms with Crippen molar-refractivity contribution >= 4 is 40.6 Å². The summed E-state index contributed by atoms with van der Waals surface area (Å²) in [6, 6.07) is 13.0. The Balaban J connectivity index is 1.65. The smallest absolute Gasteiger partial charge is 0.294 e. The van der Waals surface area contributed by atoms with E-state index in [1.54, 1.807) is 6.08 Å². The molecule has 0 aromatic heterocycles. The third-order valence-electron chi connectivity index (χ3n) is 4.77. The summed E-state index contributed by atoms with van der Waals surface area (Å²) in [5.74, 6) is -0.131. The van der Waals surface area contributed by atoms with Gasteiger partial charge in [-0.2, -0.15) is 0 Å². The number of carbonyl (C=O) groups is 3. The zero-order chi connectivity index (χ0) is 22.5. The molecule has 3 amide bonds. The molecule has 1 heterocycles. The first kappa shape index (κ1) is 22.6. The minimum Gasteiger partial charge on any atom is -0.491 e. The van der Waals surface area contributed by atoms with Gasteiger partial charge in [-0.3, -0.25) is 19.3 Å². The fourth-order valence-corrected chi connectivity index (χ4v) is 3.98. The molecular weight excluding hydrogens is 412 g/mol. The Morgan fingerprint density at radius 2 is 1.77 bits per heavy atom. The van der Waals surface area contributed by atoms with E-state index < -0.39 is 17.1 Å². The number of nitrogens with zero attached hydrogens (tertiary/aromatic N) is 1. The zero-order valence-corrected chi connectivity index (χ0v) is 18.9. The molecule has 31 heavy (non-hydrogen) atoms. The SMILES string of the molecule is CC[C@@H](C)Oc1ccc(/C=C2\SC(=O)N(CC(=O)Nc3cc(C)cc(C)c3)C2=O)cc1. The molecule has 2 aromatic carbocycles. The van der Waals surface area contributed by atoms with E-state index in [0.29, 0.717) is 10.6 Å². The van der Waals surface area contributed by atoms with Gasteiger partial charge < -0.3 is 10.1 Å². The first-order valence-electron chi connectivity index (χ1n) is 10.2. The van der Waals surface area contributed by atoms with Crippen LogP contribution in [-0.4, -0.2) is 34.6 Å². The maximum atomic E-state index is 12.7. The van der Waals surface area contributed by atoms with Gasteiger partial charge in [-0.05, 0) is 86.0 Å². The van der Waals surface area contributed by atoms with Crippen molar-refractivity contribution in [2.75, 3.05) is 11.9 Å². The van der Waals surface area contributed by atoms with Gasteiger partial charge in [-0.25, -0.2) is 0 Å². The molecule has 1 N–H and O–H groups in total. The first-order chi connectivity index (χ1) is 14.7. The highest BCUT2D eigenvalue weighted by Crippen LogP contribution is 2.32. The van der Waals surface area contributed by atoms with Crippen LogP contribution in [-0.2, 0) is 9.59 Å². The molecule has 7 heteroatoms. The Labute approximate surface area is 186 Å². The summed E-state index contributed by atoms with van der Waals surface area (Å²) >= 11 is 0.836. The second-order valence-corrected chi connectivity index (χ2v) is 8.59. The van der Waals surface area contributed by atoms with Crippen LogP contribution in [0.3, 0.4) is 0 Å². The monoisotopic (exact) mass is 438 g/mol. The van der Waals surface area contributed by atoms with Gasteiger partial charge >= 0.3 is 0 Å². The fraction of sp³-hybridized carbons (Fsp3) is 0.292. The Bertz CT molecular complexity index is 1010. The largest absolute Gasteiger partial charge is 0.491 e. The number of hydrogen-bond acceptors (Lipinski definition) is 5. The minimum atomic E-state index is -0.467. The molecule has 0 unspecified atom stereocenters. The van der Waals surface area contributed by atoms with Gasteiger partial charge in [0.1, 0.15) is 12.3 Å². The Kier molecular flexibility index (Phi) is 7.17. The molecule has 3 rings (SSSR count). The summed E-state index contributed by atoms with van der Waals surface area (Å²) in [7, 11) is 0. The average Bonchev–Trinajstić information content (AvgIpc) is 2.96. The van der Waals surface area contributed by atoms with Gasteiger partial charge in [0.05, 0.1) is 11.0 Å². The number of nitrogens with one attached hydrogen (secondary N) is 1. The number of anilines is 1. The molecule has 1 aliphatic rings. The first-order valence-corrected chi connectivity index (χ1v) is 11.0. The van der Waals surface area contributed by atoms with E-state index in [-0.39, 0.29) is 12.6 Å². The number of imide groups is 1. The molecule has 0 bridgehead atoms. The van der Waals surface area contributed by atoms with Gasteiger partial charge in [0.2, 0.25) is 5.91 Å². The van der Waals surface area contributed by atoms with Gasteiger partial charge in [0.25, 0.3) is 11.1 Å². The van der Waals surface area contributed by atoms with E-state index in [1.165, 1.54) is 0 Å². The summed E-state index contributed by atoms with van der Waals surface area (Å²) in [6.07, 6.45) is 2.68. The normalized spacial score (nSPS) is 16.0. The van der Waals surface area contributed by atoms with E-state index in [4.69, 9.17) is 4.74 Å². The van der Waals surface area contributed by atoms with Crippen LogP contribution in [0.1, 0.15) is 37.0 Å². The van der Waals surface area contributed by atoms with Gasteiger partial charge in [-0.1, -0.05) is 25.1 Å². The maximum absolute atomic E-state index is 12.7. The number of carbonyl (C=O) groups excluding carboxylic acids is 3. The Morgan fingerprint density at radius 3 is 2.39 bits per heavy atom. The molecule has 0 aliphatic carbocycles. The van der Waals surface area contributed by atoms with Gasteiger partial charge in [-0.15, -0.1) is 0 Å². The molecule has 1 fully saturated rings. The molecule has 0 spiro atoms. The second-order valence-electron chi connectivity index (χ2n) is 7.60. The van der Waals surface area contributed by atoms with Crippen molar-refractivity contribution in [3.8, 4) is 5.75 Å². The number of amides is 3. The van der Waals surface area contributed by atoms with E-state index >= 15 is 0 Å². The molecular formula is C24H26N2O4S. The summed E-state index contributed by atoms with van der Waals surface area (Å²) in [6.45, 7) is 7.61. The van der Waals surface area contributed by atoms with Crippen LogP contribution in [0, 0.1) is 13.8 Å². The van der Waals surface area contributed by atoms with E-state index in [2.05, 4.69) is 12.2 Å². The number of rotatable bonds is 7. The van der Waals surface area contributed by atoms with Crippen molar-refractivity contribution in [1.82, 2.24) is 4.90 Å². The number of thioether (sulfide) groups is 1. The lowest BCUT2D eigenvalue weighted by Gasteiger charge is -2.13. The van der Waals surface area contributed by atoms with Crippen LogP contribution in [0.4, 0.5) is 10.5 Å². The number of hydrogen-bond donors (Lipinski definition) is 1. The second kappa shape index (κ2) is 9.83.